The molecule has 2 aromatic carbocycles. The Balaban J connectivity index is 1.18. The summed E-state index contributed by atoms with van der Waals surface area (Å²) in [6.07, 6.45) is -6.15. The lowest BCUT2D eigenvalue weighted by atomic mass is 9.43. The fourth-order valence-corrected chi connectivity index (χ4v) is 9.61. The zero-order chi connectivity index (χ0) is 42.8. The lowest BCUT2D eigenvalue weighted by molar-refractivity contribution is -0.199. The lowest BCUT2D eigenvalue weighted by Gasteiger charge is -2.64. The van der Waals surface area contributed by atoms with Crippen LogP contribution >= 0.6 is 11.6 Å². The highest BCUT2D eigenvalue weighted by atomic mass is 35.5. The SMILES string of the molecule is COc1cc(OC)c(NC(=O)N[C@]2(C)C[C@@H](C(=O)N[C@@H](CC(F)F)B3O[C@@H]4C[C@@H]5C[C@@H](C5(C)C)[C@]4(C)O3)n3c2ncc(NCc2cccc(C(F)(F)F)c2)c3=O)cc1Cl. The predicted molar refractivity (Wildman–Crippen MR) is 208 cm³/mol. The Hall–Kier alpha value is -4.62. The van der Waals surface area contributed by atoms with Crippen molar-refractivity contribution in [2.75, 3.05) is 24.9 Å². The van der Waals surface area contributed by atoms with E-state index in [2.05, 4.69) is 40.1 Å². The fraction of sp³-hybridized carbons (Fsp3) is 0.538. The maximum Gasteiger partial charge on any atom is 0.481 e. The Morgan fingerprint density at radius 1 is 1.07 bits per heavy atom. The van der Waals surface area contributed by atoms with Crippen molar-refractivity contribution in [3.63, 3.8) is 0 Å². The third-order valence-electron chi connectivity index (χ3n) is 12.6. The number of carbonyl (C=O) groups is 2. The van der Waals surface area contributed by atoms with E-state index >= 15 is 0 Å². The lowest BCUT2D eigenvalue weighted by Crippen LogP contribution is -2.65. The van der Waals surface area contributed by atoms with Crippen molar-refractivity contribution in [2.24, 2.45) is 17.3 Å². The summed E-state index contributed by atoms with van der Waals surface area (Å²) in [6.45, 7) is 7.55. The fourth-order valence-electron chi connectivity index (χ4n) is 9.37. The number of methoxy groups -OCH3 is 2. The second-order valence-corrected chi connectivity index (χ2v) is 17.0. The molecule has 2 aliphatic heterocycles. The molecule has 1 saturated heterocycles. The number of ether oxygens (including phenoxy) is 2. The van der Waals surface area contributed by atoms with Crippen LogP contribution in [-0.2, 0) is 32.4 Å². The Kier molecular flexibility index (Phi) is 11.1. The van der Waals surface area contributed by atoms with Crippen LogP contribution in [0.15, 0.2) is 47.4 Å². The molecule has 3 aromatic rings. The Morgan fingerprint density at radius 3 is 2.46 bits per heavy atom. The van der Waals surface area contributed by atoms with Crippen LogP contribution in [0, 0.1) is 17.3 Å². The van der Waals surface area contributed by atoms with Crippen LogP contribution in [0.1, 0.15) is 76.4 Å². The zero-order valence-electron chi connectivity index (χ0n) is 33.1. The number of rotatable bonds is 12. The second-order valence-electron chi connectivity index (χ2n) is 16.6. The van der Waals surface area contributed by atoms with Gasteiger partial charge in [0.1, 0.15) is 29.1 Å². The number of aromatic nitrogens is 2. The van der Waals surface area contributed by atoms with Crippen molar-refractivity contribution in [2.45, 2.75) is 102 Å². The molecule has 0 radical (unpaired) electrons. The third kappa shape index (κ3) is 7.81. The molecule has 13 nitrogen and oxygen atoms in total. The maximum atomic E-state index is 14.4. The molecule has 3 heterocycles. The van der Waals surface area contributed by atoms with E-state index in [1.807, 2.05) is 6.92 Å². The van der Waals surface area contributed by atoms with E-state index in [4.69, 9.17) is 30.4 Å². The van der Waals surface area contributed by atoms with Crippen LogP contribution in [0.4, 0.5) is 38.1 Å². The van der Waals surface area contributed by atoms with Crippen molar-refractivity contribution in [1.29, 1.82) is 0 Å². The molecule has 8 rings (SSSR count). The molecule has 4 N–H and O–H groups in total. The van der Waals surface area contributed by atoms with Crippen molar-refractivity contribution in [1.82, 2.24) is 20.2 Å². The topological polar surface area (TPSA) is 154 Å². The van der Waals surface area contributed by atoms with Crippen molar-refractivity contribution in [3.05, 3.63) is 74.9 Å². The van der Waals surface area contributed by atoms with Gasteiger partial charge in [0, 0.05) is 25.5 Å². The van der Waals surface area contributed by atoms with E-state index in [0.717, 1.165) is 29.3 Å². The minimum Gasteiger partial charge on any atom is -0.495 e. The van der Waals surface area contributed by atoms with E-state index in [-0.39, 0.29) is 69.7 Å². The molecule has 3 amide bonds. The first kappa shape index (κ1) is 42.5. The van der Waals surface area contributed by atoms with Gasteiger partial charge in [-0.2, -0.15) is 13.2 Å². The number of urea groups is 1. The Labute approximate surface area is 342 Å². The highest BCUT2D eigenvalue weighted by Gasteiger charge is 2.68. The summed E-state index contributed by atoms with van der Waals surface area (Å²) in [5.74, 6) is -1.23. The summed E-state index contributed by atoms with van der Waals surface area (Å²) in [5.41, 5.74) is -3.80. The summed E-state index contributed by atoms with van der Waals surface area (Å²) in [4.78, 5) is 46.7. The molecule has 59 heavy (non-hydrogen) atoms. The van der Waals surface area contributed by atoms with Gasteiger partial charge in [-0.3, -0.25) is 14.2 Å². The average molecular weight is 851 g/mol. The summed E-state index contributed by atoms with van der Waals surface area (Å²) >= 11 is 6.30. The van der Waals surface area contributed by atoms with Gasteiger partial charge >= 0.3 is 19.3 Å². The molecule has 7 atom stereocenters. The van der Waals surface area contributed by atoms with E-state index in [0.29, 0.717) is 12.3 Å². The van der Waals surface area contributed by atoms with Crippen LogP contribution in [0.2, 0.25) is 5.02 Å². The largest absolute Gasteiger partial charge is 0.495 e. The van der Waals surface area contributed by atoms with Crippen molar-refractivity contribution < 1.29 is 50.3 Å². The summed E-state index contributed by atoms with van der Waals surface area (Å²) in [7, 11) is 1.57. The normalized spacial score (nSPS) is 27.0. The molecule has 0 spiro atoms. The number of hydrogen-bond donors (Lipinski definition) is 4. The molecule has 1 aromatic heterocycles. The first-order valence-electron chi connectivity index (χ1n) is 19.1. The number of hydrogen-bond acceptors (Lipinski definition) is 9. The van der Waals surface area contributed by atoms with Gasteiger partial charge < -0.3 is 40.0 Å². The van der Waals surface area contributed by atoms with E-state index in [1.165, 1.54) is 45.4 Å². The van der Waals surface area contributed by atoms with Crippen molar-refractivity contribution >= 4 is 42.0 Å². The first-order chi connectivity index (χ1) is 27.7. The predicted octanol–water partition coefficient (Wildman–Crippen LogP) is 6.93. The smallest absolute Gasteiger partial charge is 0.481 e. The number of fused-ring (bicyclic) bond motifs is 1. The molecule has 4 fully saturated rings. The van der Waals surface area contributed by atoms with E-state index in [9.17, 15) is 36.3 Å². The van der Waals surface area contributed by atoms with Crippen molar-refractivity contribution in [3.8, 4) is 11.5 Å². The standard InChI is InChI=1S/C39H45BClF5N6O7/c1-36(2)21-11-28(36)38(4)29(12-21)58-40(59-38)30(15-31(42)43)50-32(53)25-16-37(3,51-35(55)49-23-13-22(41)26(56-5)14-27(23)57-6)34-48-18-24(33(54)52(25)34)47-17-19-8-7-9-20(10-19)39(44,45)46/h7-10,13-14,18,21,25,28-31,47H,11-12,15-17H2,1-6H3,(H,50,53)(H2,49,51,55)/t21-,25-,28-,29+,30-,37+,38-/m0/s1. The average Bonchev–Trinajstić information content (AvgIpc) is 3.68. The van der Waals surface area contributed by atoms with Gasteiger partial charge in [-0.05, 0) is 67.7 Å². The van der Waals surface area contributed by atoms with Gasteiger partial charge in [-0.15, -0.1) is 0 Å². The molecule has 0 unspecified atom stereocenters. The number of alkyl halides is 5. The van der Waals surface area contributed by atoms with Gasteiger partial charge in [-0.1, -0.05) is 37.6 Å². The highest BCUT2D eigenvalue weighted by molar-refractivity contribution is 6.48. The van der Waals surface area contributed by atoms with Gasteiger partial charge in [0.05, 0.1) is 59.9 Å². The van der Waals surface area contributed by atoms with Gasteiger partial charge in [0.15, 0.2) is 0 Å². The van der Waals surface area contributed by atoms with E-state index < -0.39 is 72.3 Å². The Morgan fingerprint density at radius 2 is 1.80 bits per heavy atom. The summed E-state index contributed by atoms with van der Waals surface area (Å²) in [5, 5.41) is 11.1. The monoisotopic (exact) mass is 850 g/mol. The molecule has 318 valence electrons. The zero-order valence-corrected chi connectivity index (χ0v) is 33.9. The minimum absolute atomic E-state index is 0.0337. The van der Waals surface area contributed by atoms with Gasteiger partial charge in [0.2, 0.25) is 12.3 Å². The molecule has 5 aliphatic rings. The van der Waals surface area contributed by atoms with Gasteiger partial charge in [-0.25, -0.2) is 18.6 Å². The number of halogens is 6. The Bertz CT molecular complexity index is 2200. The molecule has 3 saturated carbocycles. The molecular formula is C39H45BClF5N6O7. The minimum atomic E-state index is -4.59. The molecule has 3 aliphatic carbocycles. The molecular weight excluding hydrogens is 806 g/mol. The third-order valence-corrected chi connectivity index (χ3v) is 12.9. The second kappa shape index (κ2) is 15.4. The summed E-state index contributed by atoms with van der Waals surface area (Å²) in [6, 6.07) is 5.18. The number of anilines is 2. The summed E-state index contributed by atoms with van der Waals surface area (Å²) < 4.78 is 93.0. The van der Waals surface area contributed by atoms with Crippen LogP contribution in [0.3, 0.4) is 0 Å². The number of carbonyl (C=O) groups excluding carboxylic acids is 2. The number of amides is 3. The maximum absolute atomic E-state index is 14.4. The number of nitrogens with zero attached hydrogens (tertiary/aromatic N) is 2. The van der Waals surface area contributed by atoms with Crippen LogP contribution in [0.5, 0.6) is 11.5 Å². The molecule has 2 bridgehead atoms. The highest BCUT2D eigenvalue weighted by Crippen LogP contribution is 2.65. The first-order valence-corrected chi connectivity index (χ1v) is 19.5. The van der Waals surface area contributed by atoms with Crippen LogP contribution < -0.4 is 36.3 Å². The molecule has 20 heteroatoms. The number of nitrogens with one attached hydrogen (secondary N) is 4. The number of benzene rings is 2. The van der Waals surface area contributed by atoms with Crippen LogP contribution in [0.25, 0.3) is 0 Å². The quantitative estimate of drug-likeness (QED) is 0.112. The van der Waals surface area contributed by atoms with Gasteiger partial charge in [0.25, 0.3) is 5.56 Å². The van der Waals surface area contributed by atoms with E-state index in [1.54, 1.807) is 0 Å². The van der Waals surface area contributed by atoms with Crippen LogP contribution in [-0.4, -0.2) is 66.9 Å².